The number of halogens is 2. The predicted molar refractivity (Wildman–Crippen MR) is 81.4 cm³/mol. The fourth-order valence-electron chi connectivity index (χ4n) is 1.75. The molecule has 0 fully saturated rings. The number of aromatic hydroxyl groups is 1. The van der Waals surface area contributed by atoms with Gasteiger partial charge >= 0.3 is 5.97 Å². The van der Waals surface area contributed by atoms with E-state index in [0.29, 0.717) is 0 Å². The van der Waals surface area contributed by atoms with E-state index in [1.165, 1.54) is 6.92 Å². The van der Waals surface area contributed by atoms with E-state index in [-0.39, 0.29) is 33.0 Å². The third kappa shape index (κ3) is 3.18. The van der Waals surface area contributed by atoms with Gasteiger partial charge in [-0.15, -0.1) is 0 Å². The molecule has 2 aromatic rings. The van der Waals surface area contributed by atoms with Gasteiger partial charge in [0.05, 0.1) is 10.0 Å². The lowest BCUT2D eigenvalue weighted by Gasteiger charge is -2.03. The van der Waals surface area contributed by atoms with Gasteiger partial charge in [0.15, 0.2) is 5.76 Å². The number of rotatable bonds is 3. The van der Waals surface area contributed by atoms with Crippen LogP contribution < -0.4 is 10.1 Å². The number of esters is 1. The Kier molecular flexibility index (Phi) is 4.63. The zero-order valence-electron chi connectivity index (χ0n) is 11.6. The number of nitrogens with one attached hydrogen (secondary N) is 1. The second kappa shape index (κ2) is 6.29. The van der Waals surface area contributed by atoms with Crippen LogP contribution in [0.5, 0.6) is 11.5 Å². The number of furan rings is 1. The summed E-state index contributed by atoms with van der Waals surface area (Å²) in [4.78, 5) is 22.3. The Balaban J connectivity index is 2.62. The number of amides is 1. The van der Waals surface area contributed by atoms with Gasteiger partial charge in [-0.05, 0) is 12.1 Å². The molecule has 8 heteroatoms. The first-order chi connectivity index (χ1) is 10.3. The summed E-state index contributed by atoms with van der Waals surface area (Å²) in [5.74, 6) is -2.20. The van der Waals surface area contributed by atoms with Gasteiger partial charge in [0.25, 0.3) is 0 Å². The van der Waals surface area contributed by atoms with E-state index in [2.05, 4.69) is 5.32 Å². The van der Waals surface area contributed by atoms with Gasteiger partial charge in [0, 0.05) is 19.4 Å². The summed E-state index contributed by atoms with van der Waals surface area (Å²) in [5, 5.41) is 12.9. The summed E-state index contributed by atoms with van der Waals surface area (Å²) >= 11 is 12.0. The topological polar surface area (TPSA) is 88.8 Å². The molecule has 0 saturated carbocycles. The van der Waals surface area contributed by atoms with E-state index in [0.717, 1.165) is 6.92 Å². The van der Waals surface area contributed by atoms with Gasteiger partial charge < -0.3 is 14.3 Å². The van der Waals surface area contributed by atoms with Crippen LogP contribution in [0.4, 0.5) is 5.88 Å². The molecule has 1 amide bonds. The van der Waals surface area contributed by atoms with Crippen LogP contribution in [-0.4, -0.2) is 17.0 Å². The van der Waals surface area contributed by atoms with Crippen LogP contribution in [0.15, 0.2) is 22.6 Å². The molecule has 2 N–H and O–H groups in total. The predicted octanol–water partition coefficient (Wildman–Crippen LogP) is 3.84. The Morgan fingerprint density at radius 2 is 1.95 bits per heavy atom. The minimum absolute atomic E-state index is 0.0764. The first-order valence-electron chi connectivity index (χ1n) is 6.07. The van der Waals surface area contributed by atoms with E-state index in [4.69, 9.17) is 32.4 Å². The van der Waals surface area contributed by atoms with E-state index in [1.54, 1.807) is 18.2 Å². The molecule has 0 radical (unpaired) electrons. The average Bonchev–Trinajstić information content (AvgIpc) is 2.70. The molecule has 1 aromatic heterocycles. The minimum atomic E-state index is -0.688. The van der Waals surface area contributed by atoms with E-state index < -0.39 is 17.6 Å². The van der Waals surface area contributed by atoms with Crippen molar-refractivity contribution in [1.29, 1.82) is 0 Å². The van der Waals surface area contributed by atoms with Crippen LogP contribution in [0.2, 0.25) is 10.0 Å². The van der Waals surface area contributed by atoms with Crippen LogP contribution in [-0.2, 0) is 9.59 Å². The molecule has 1 aromatic carbocycles. The Morgan fingerprint density at radius 1 is 1.27 bits per heavy atom. The molecular weight excluding hydrogens is 333 g/mol. The van der Waals surface area contributed by atoms with Gasteiger partial charge in [0.2, 0.25) is 23.3 Å². The summed E-state index contributed by atoms with van der Waals surface area (Å²) < 4.78 is 10.3. The number of carbonyl (C=O) groups excluding carboxylic acids is 2. The molecule has 0 aliphatic heterocycles. The first kappa shape index (κ1) is 16.2. The van der Waals surface area contributed by atoms with Crippen molar-refractivity contribution in [1.82, 2.24) is 0 Å². The molecule has 0 saturated heterocycles. The second-order valence-corrected chi connectivity index (χ2v) is 5.10. The molecule has 0 bridgehead atoms. The number of ether oxygens (including phenoxy) is 1. The van der Waals surface area contributed by atoms with Gasteiger partial charge in [-0.2, -0.15) is 0 Å². The molecule has 6 nitrogen and oxygen atoms in total. The summed E-state index contributed by atoms with van der Waals surface area (Å²) in [6, 6.07) is 4.73. The van der Waals surface area contributed by atoms with Gasteiger partial charge in [-0.3, -0.25) is 14.9 Å². The van der Waals surface area contributed by atoms with Crippen molar-refractivity contribution in [2.45, 2.75) is 13.8 Å². The molecule has 0 aliphatic rings. The maximum atomic E-state index is 11.2. The first-order valence-corrected chi connectivity index (χ1v) is 6.83. The second-order valence-electron chi connectivity index (χ2n) is 4.31. The summed E-state index contributed by atoms with van der Waals surface area (Å²) in [7, 11) is 0. The van der Waals surface area contributed by atoms with Crippen LogP contribution in [0.3, 0.4) is 0 Å². The molecule has 1 heterocycles. The van der Waals surface area contributed by atoms with Gasteiger partial charge in [-0.1, -0.05) is 29.3 Å². The van der Waals surface area contributed by atoms with Crippen molar-refractivity contribution in [2.24, 2.45) is 0 Å². The maximum absolute atomic E-state index is 11.2. The van der Waals surface area contributed by atoms with Crippen LogP contribution >= 0.6 is 23.2 Å². The Bertz CT molecular complexity index is 754. The average molecular weight is 344 g/mol. The molecule has 0 spiro atoms. The van der Waals surface area contributed by atoms with Crippen LogP contribution in [0, 0.1) is 0 Å². The fourth-order valence-corrected chi connectivity index (χ4v) is 2.14. The Hall–Kier alpha value is -2.18. The number of hydrogen-bond acceptors (Lipinski definition) is 5. The highest BCUT2D eigenvalue weighted by molar-refractivity contribution is 6.43. The van der Waals surface area contributed by atoms with Crippen molar-refractivity contribution < 1.29 is 23.8 Å². The van der Waals surface area contributed by atoms with Crippen molar-refractivity contribution in [3.8, 4) is 22.8 Å². The van der Waals surface area contributed by atoms with Gasteiger partial charge in [-0.25, -0.2) is 0 Å². The molecule has 0 aliphatic carbocycles. The molecule has 0 atom stereocenters. The van der Waals surface area contributed by atoms with Crippen molar-refractivity contribution in [3.05, 3.63) is 28.2 Å². The quantitative estimate of drug-likeness (QED) is 0.826. The standard InChI is InChI=1S/C14H11Cl2NO5/c1-6(18)17-14-13(21-7(2)19)11(20)12(22-14)8-4-3-5-9(15)10(8)16/h3-5,20H,1-2H3,(H,17,18). The highest BCUT2D eigenvalue weighted by atomic mass is 35.5. The fraction of sp³-hybridized carbons (Fsp3) is 0.143. The monoisotopic (exact) mass is 343 g/mol. The normalized spacial score (nSPS) is 10.4. The van der Waals surface area contributed by atoms with Crippen molar-refractivity contribution in [2.75, 3.05) is 5.32 Å². The molecule has 0 unspecified atom stereocenters. The maximum Gasteiger partial charge on any atom is 0.308 e. The summed E-state index contributed by atoms with van der Waals surface area (Å²) in [5.41, 5.74) is 0.289. The minimum Gasteiger partial charge on any atom is -0.502 e. The number of hydrogen-bond donors (Lipinski definition) is 2. The smallest absolute Gasteiger partial charge is 0.308 e. The third-order valence-corrected chi connectivity index (χ3v) is 3.39. The lowest BCUT2D eigenvalue weighted by atomic mass is 10.1. The molecular formula is C14H11Cl2NO5. The SMILES string of the molecule is CC(=O)Nc1oc(-c2cccc(Cl)c2Cl)c(O)c1OC(C)=O. The number of anilines is 1. The Labute approximate surface area is 135 Å². The van der Waals surface area contributed by atoms with Crippen molar-refractivity contribution >= 4 is 41.0 Å². The van der Waals surface area contributed by atoms with E-state index in [9.17, 15) is 14.7 Å². The highest BCUT2D eigenvalue weighted by Gasteiger charge is 2.26. The van der Waals surface area contributed by atoms with Crippen LogP contribution in [0.25, 0.3) is 11.3 Å². The molecule has 22 heavy (non-hydrogen) atoms. The summed E-state index contributed by atoms with van der Waals surface area (Å²) in [6.07, 6.45) is 0. The number of benzene rings is 1. The third-order valence-electron chi connectivity index (χ3n) is 2.57. The number of carbonyl (C=O) groups is 2. The van der Waals surface area contributed by atoms with E-state index >= 15 is 0 Å². The Morgan fingerprint density at radius 3 is 2.55 bits per heavy atom. The molecule has 2 rings (SSSR count). The largest absolute Gasteiger partial charge is 0.502 e. The highest BCUT2D eigenvalue weighted by Crippen LogP contribution is 2.48. The van der Waals surface area contributed by atoms with Gasteiger partial charge in [0.1, 0.15) is 0 Å². The lowest BCUT2D eigenvalue weighted by Crippen LogP contribution is -2.08. The zero-order chi connectivity index (χ0) is 16.4. The molecule has 116 valence electrons. The summed E-state index contributed by atoms with van der Waals surface area (Å²) in [6.45, 7) is 2.39. The van der Waals surface area contributed by atoms with E-state index in [1.807, 2.05) is 0 Å². The zero-order valence-corrected chi connectivity index (χ0v) is 13.1. The van der Waals surface area contributed by atoms with Crippen LogP contribution in [0.1, 0.15) is 13.8 Å². The van der Waals surface area contributed by atoms with Crippen molar-refractivity contribution in [3.63, 3.8) is 0 Å². The lowest BCUT2D eigenvalue weighted by molar-refractivity contribution is -0.132.